The molecule has 0 unspecified atom stereocenters. The molecule has 7 heteroatoms. The minimum absolute atomic E-state index is 0.167. The minimum Gasteiger partial charge on any atom is -0.464 e. The van der Waals surface area contributed by atoms with Gasteiger partial charge in [0, 0.05) is 25.5 Å². The van der Waals surface area contributed by atoms with Gasteiger partial charge >= 0.3 is 5.97 Å². The molecule has 0 aliphatic heterocycles. The number of nitrogens with two attached hydrogens (primary N) is 1. The van der Waals surface area contributed by atoms with Crippen molar-refractivity contribution in [2.24, 2.45) is 0 Å². The Hall–Kier alpha value is -2.31. The molecular weight excluding hydrogens is 234 g/mol. The number of aromatic nitrogens is 4. The highest BCUT2D eigenvalue weighted by molar-refractivity contribution is 5.92. The predicted octanol–water partition coefficient (Wildman–Crippen LogP) is 0.457. The second kappa shape index (κ2) is 4.91. The number of methoxy groups -OCH3 is 1. The van der Waals surface area contributed by atoms with E-state index in [-0.39, 0.29) is 5.69 Å². The minimum atomic E-state index is -0.517. The number of ether oxygens (including phenoxy) is 1. The zero-order valence-electron chi connectivity index (χ0n) is 10.3. The Morgan fingerprint density at radius 1 is 1.50 bits per heavy atom. The van der Waals surface area contributed by atoms with E-state index in [0.29, 0.717) is 24.7 Å². The molecule has 18 heavy (non-hydrogen) atoms. The van der Waals surface area contributed by atoms with Crippen LogP contribution in [0.5, 0.6) is 0 Å². The van der Waals surface area contributed by atoms with Gasteiger partial charge in [0.05, 0.1) is 13.4 Å². The summed E-state index contributed by atoms with van der Waals surface area (Å²) < 4.78 is 8.34. The van der Waals surface area contributed by atoms with Gasteiger partial charge < -0.3 is 19.6 Å². The molecule has 2 heterocycles. The van der Waals surface area contributed by atoms with Gasteiger partial charge in [-0.05, 0) is 6.92 Å². The molecule has 0 atom stereocenters. The van der Waals surface area contributed by atoms with Crippen molar-refractivity contribution in [3.63, 3.8) is 0 Å². The van der Waals surface area contributed by atoms with Crippen molar-refractivity contribution >= 4 is 11.8 Å². The summed E-state index contributed by atoms with van der Waals surface area (Å²) in [5.41, 5.74) is 6.06. The van der Waals surface area contributed by atoms with E-state index in [9.17, 15) is 4.79 Å². The number of carbonyl (C=O) groups is 1. The van der Waals surface area contributed by atoms with Crippen molar-refractivity contribution in [2.45, 2.75) is 20.0 Å². The molecule has 0 amide bonds. The van der Waals surface area contributed by atoms with Crippen molar-refractivity contribution in [3.05, 3.63) is 30.2 Å². The van der Waals surface area contributed by atoms with Gasteiger partial charge in [0.15, 0.2) is 5.69 Å². The molecular formula is C11H15N5O2. The molecule has 0 saturated carbocycles. The third kappa shape index (κ3) is 2.20. The number of hydrogen-bond acceptors (Lipinski definition) is 5. The average molecular weight is 249 g/mol. The van der Waals surface area contributed by atoms with E-state index in [1.807, 2.05) is 10.8 Å². The summed E-state index contributed by atoms with van der Waals surface area (Å²) in [5, 5.41) is 0. The van der Waals surface area contributed by atoms with Gasteiger partial charge in [-0.15, -0.1) is 0 Å². The van der Waals surface area contributed by atoms with Crippen LogP contribution in [0.15, 0.2) is 18.7 Å². The van der Waals surface area contributed by atoms with Crippen molar-refractivity contribution in [1.82, 2.24) is 19.1 Å². The zero-order valence-corrected chi connectivity index (χ0v) is 10.3. The van der Waals surface area contributed by atoms with Crippen LogP contribution < -0.4 is 5.73 Å². The van der Waals surface area contributed by atoms with Crippen LogP contribution in [-0.4, -0.2) is 32.2 Å². The molecule has 2 N–H and O–H groups in total. The van der Waals surface area contributed by atoms with E-state index in [0.717, 1.165) is 0 Å². The average Bonchev–Trinajstić information content (AvgIpc) is 2.96. The molecule has 7 nitrogen and oxygen atoms in total. The highest BCUT2D eigenvalue weighted by Crippen LogP contribution is 2.15. The highest BCUT2D eigenvalue weighted by Gasteiger charge is 2.18. The number of imidazole rings is 2. The Kier molecular flexibility index (Phi) is 3.31. The number of rotatable bonds is 4. The molecule has 0 bridgehead atoms. The van der Waals surface area contributed by atoms with Crippen LogP contribution in [0, 0.1) is 6.92 Å². The van der Waals surface area contributed by atoms with Gasteiger partial charge in [0.2, 0.25) is 0 Å². The van der Waals surface area contributed by atoms with Gasteiger partial charge in [-0.3, -0.25) is 0 Å². The van der Waals surface area contributed by atoms with Crippen molar-refractivity contribution < 1.29 is 9.53 Å². The summed E-state index contributed by atoms with van der Waals surface area (Å²) in [4.78, 5) is 19.5. The number of carbonyl (C=O) groups excluding carboxylic acids is 1. The number of esters is 1. The number of anilines is 1. The van der Waals surface area contributed by atoms with Gasteiger partial charge in [-0.25, -0.2) is 14.8 Å². The monoisotopic (exact) mass is 249 g/mol. The van der Waals surface area contributed by atoms with Crippen LogP contribution in [0.2, 0.25) is 0 Å². The SMILES string of the molecule is COC(=O)c1nc(C)n(CCn2ccnc2)c1N. The maximum absolute atomic E-state index is 11.4. The number of nitrogen functional groups attached to an aromatic ring is 1. The Labute approximate surface area is 104 Å². The van der Waals surface area contributed by atoms with Gasteiger partial charge in [-0.1, -0.05) is 0 Å². The van der Waals surface area contributed by atoms with Gasteiger partial charge in [0.1, 0.15) is 11.6 Å². The van der Waals surface area contributed by atoms with E-state index in [2.05, 4.69) is 14.7 Å². The first-order chi connectivity index (χ1) is 8.63. The molecule has 0 aliphatic rings. The van der Waals surface area contributed by atoms with E-state index in [4.69, 9.17) is 5.73 Å². The molecule has 0 aromatic carbocycles. The Morgan fingerprint density at radius 2 is 2.28 bits per heavy atom. The van der Waals surface area contributed by atoms with Crippen LogP contribution in [-0.2, 0) is 17.8 Å². The second-order valence-electron chi connectivity index (χ2n) is 3.84. The van der Waals surface area contributed by atoms with Crippen LogP contribution >= 0.6 is 0 Å². The lowest BCUT2D eigenvalue weighted by molar-refractivity contribution is 0.0595. The molecule has 2 aromatic heterocycles. The molecule has 0 spiro atoms. The summed E-state index contributed by atoms with van der Waals surface area (Å²) in [7, 11) is 1.31. The largest absolute Gasteiger partial charge is 0.464 e. The third-order valence-corrected chi connectivity index (χ3v) is 2.72. The fourth-order valence-corrected chi connectivity index (χ4v) is 1.75. The van der Waals surface area contributed by atoms with Crippen molar-refractivity contribution in [3.8, 4) is 0 Å². The van der Waals surface area contributed by atoms with Gasteiger partial charge in [-0.2, -0.15) is 0 Å². The maximum atomic E-state index is 11.4. The summed E-state index contributed by atoms with van der Waals surface area (Å²) >= 11 is 0. The first kappa shape index (κ1) is 12.2. The standard InChI is InChI=1S/C11H15N5O2/c1-8-14-9(11(17)18-2)10(12)16(8)6-5-15-4-3-13-7-15/h3-4,7H,5-6,12H2,1-2H3. The number of nitrogens with zero attached hydrogens (tertiary/aromatic N) is 4. The summed E-state index contributed by atoms with van der Waals surface area (Å²) in [6.07, 6.45) is 5.30. The molecule has 0 fully saturated rings. The molecule has 96 valence electrons. The molecule has 2 aromatic rings. The van der Waals surface area contributed by atoms with E-state index >= 15 is 0 Å². The van der Waals surface area contributed by atoms with Crippen LogP contribution in [0.3, 0.4) is 0 Å². The summed E-state index contributed by atoms with van der Waals surface area (Å²) in [6, 6.07) is 0. The quantitative estimate of drug-likeness (QED) is 0.795. The van der Waals surface area contributed by atoms with E-state index in [1.54, 1.807) is 24.0 Å². The number of hydrogen-bond donors (Lipinski definition) is 1. The lowest BCUT2D eigenvalue weighted by atomic mass is 10.4. The molecule has 2 rings (SSSR count). The highest BCUT2D eigenvalue weighted by atomic mass is 16.5. The molecule has 0 saturated heterocycles. The lowest BCUT2D eigenvalue weighted by Gasteiger charge is -2.08. The first-order valence-corrected chi connectivity index (χ1v) is 5.50. The smallest absolute Gasteiger partial charge is 0.360 e. The molecule has 0 radical (unpaired) electrons. The Balaban J connectivity index is 2.18. The predicted molar refractivity (Wildman–Crippen MR) is 64.9 cm³/mol. The first-order valence-electron chi connectivity index (χ1n) is 5.50. The van der Waals surface area contributed by atoms with Crippen molar-refractivity contribution in [1.29, 1.82) is 0 Å². The van der Waals surface area contributed by atoms with Gasteiger partial charge in [0.25, 0.3) is 0 Å². The topological polar surface area (TPSA) is 88.0 Å². The Bertz CT molecular complexity index is 544. The van der Waals surface area contributed by atoms with E-state index in [1.165, 1.54) is 7.11 Å². The zero-order chi connectivity index (χ0) is 13.1. The van der Waals surface area contributed by atoms with Crippen LogP contribution in [0.1, 0.15) is 16.3 Å². The van der Waals surface area contributed by atoms with Crippen molar-refractivity contribution in [2.75, 3.05) is 12.8 Å². The Morgan fingerprint density at radius 3 is 2.89 bits per heavy atom. The van der Waals surface area contributed by atoms with Crippen LogP contribution in [0.4, 0.5) is 5.82 Å². The fourth-order valence-electron chi connectivity index (χ4n) is 1.75. The summed E-state index contributed by atoms with van der Waals surface area (Å²) in [6.45, 7) is 3.14. The van der Waals surface area contributed by atoms with Crippen LogP contribution in [0.25, 0.3) is 0 Å². The normalized spacial score (nSPS) is 10.6. The third-order valence-electron chi connectivity index (χ3n) is 2.72. The summed E-state index contributed by atoms with van der Waals surface area (Å²) in [5.74, 6) is 0.504. The molecule has 0 aliphatic carbocycles. The number of aryl methyl sites for hydroxylation is 2. The maximum Gasteiger partial charge on any atom is 0.360 e. The lowest BCUT2D eigenvalue weighted by Crippen LogP contribution is -2.12. The fraction of sp³-hybridized carbons (Fsp3) is 0.364. The van der Waals surface area contributed by atoms with E-state index < -0.39 is 5.97 Å². The second-order valence-corrected chi connectivity index (χ2v) is 3.84.